The minimum absolute atomic E-state index is 0.0132. The van der Waals surface area contributed by atoms with Crippen LogP contribution in [0.4, 0.5) is 10.5 Å². The zero-order chi connectivity index (χ0) is 42.6. The summed E-state index contributed by atoms with van der Waals surface area (Å²) in [7, 11) is 0. The van der Waals surface area contributed by atoms with Crippen LogP contribution in [0.15, 0.2) is 103 Å². The highest BCUT2D eigenvalue weighted by molar-refractivity contribution is 6.42. The molecule has 5 aromatic rings. The van der Waals surface area contributed by atoms with Crippen molar-refractivity contribution >= 4 is 52.8 Å². The number of hydrogen-bond donors (Lipinski definition) is 3. The Bertz CT molecular complexity index is 2520. The van der Waals surface area contributed by atoms with Gasteiger partial charge in [-0.1, -0.05) is 77.8 Å². The quantitative estimate of drug-likeness (QED) is 0.120. The van der Waals surface area contributed by atoms with E-state index in [1.54, 1.807) is 72.8 Å². The first-order valence-corrected chi connectivity index (χ1v) is 20.2. The molecule has 3 aliphatic heterocycles. The summed E-state index contributed by atoms with van der Waals surface area (Å²) in [6.45, 7) is 0.873. The molecule has 0 aromatic heterocycles. The largest absolute Gasteiger partial charge is 0.489 e. The van der Waals surface area contributed by atoms with Gasteiger partial charge in [-0.2, -0.15) is 5.26 Å². The van der Waals surface area contributed by atoms with Crippen LogP contribution in [0, 0.1) is 11.3 Å². The predicted octanol–water partition coefficient (Wildman–Crippen LogP) is 7.65. The molecule has 61 heavy (non-hydrogen) atoms. The molecule has 0 bridgehead atoms. The van der Waals surface area contributed by atoms with Crippen molar-refractivity contribution < 1.29 is 43.2 Å². The summed E-state index contributed by atoms with van der Waals surface area (Å²) in [5.41, 5.74) is 6.13. The standard InChI is InChI=1S/C46H38Cl2N4O9/c47-36-14-5-28(17-37(36)48)24-59-34-12-10-31(11-13-34)42-44(54)50-38-19-32-20-40(52(23-33(32)21-41(38)61-42)46(57)60-35-15-16-58-25-35)43(53)51-39(45(55)56)18-26-1-6-29(7-2-26)30-8-3-27(22-49)4-9-30/h1-14,17,19,21,35,39-40,42H,15-16,18,20,23-25H2,(H,50,54)(H,51,53)(H,55,56)/t35-,39+,40+,42?/m1/s1. The highest BCUT2D eigenvalue weighted by atomic mass is 35.5. The average Bonchev–Trinajstić information content (AvgIpc) is 3.78. The number of amides is 3. The molecule has 1 saturated heterocycles. The maximum Gasteiger partial charge on any atom is 0.411 e. The number of nitrogens with one attached hydrogen (secondary N) is 2. The minimum atomic E-state index is -1.31. The fourth-order valence-corrected chi connectivity index (χ4v) is 7.78. The number of carboxylic acid groups (broad SMARTS) is 1. The summed E-state index contributed by atoms with van der Waals surface area (Å²) in [6.07, 6.45) is -1.72. The molecule has 4 atom stereocenters. The van der Waals surface area contributed by atoms with Gasteiger partial charge in [-0.15, -0.1) is 0 Å². The molecule has 0 spiro atoms. The number of benzene rings is 5. The smallest absolute Gasteiger partial charge is 0.411 e. The maximum absolute atomic E-state index is 14.1. The van der Waals surface area contributed by atoms with Gasteiger partial charge in [0.1, 0.15) is 36.3 Å². The summed E-state index contributed by atoms with van der Waals surface area (Å²) >= 11 is 12.1. The average molecular weight is 862 g/mol. The number of carbonyl (C=O) groups is 4. The number of ether oxygens (including phenoxy) is 4. The number of anilines is 1. The van der Waals surface area contributed by atoms with Gasteiger partial charge in [0.2, 0.25) is 12.0 Å². The molecular formula is C46H38Cl2N4O9. The molecule has 3 heterocycles. The van der Waals surface area contributed by atoms with E-state index in [0.29, 0.717) is 68.1 Å². The molecule has 310 valence electrons. The van der Waals surface area contributed by atoms with Crippen molar-refractivity contribution in [2.75, 3.05) is 18.5 Å². The molecule has 13 nitrogen and oxygen atoms in total. The summed E-state index contributed by atoms with van der Waals surface area (Å²) < 4.78 is 23.3. The van der Waals surface area contributed by atoms with Crippen LogP contribution in [0.3, 0.4) is 0 Å². The second-order valence-corrected chi connectivity index (χ2v) is 15.7. The highest BCUT2D eigenvalue weighted by Crippen LogP contribution is 2.40. The van der Waals surface area contributed by atoms with E-state index in [4.69, 9.17) is 47.4 Å². The Morgan fingerprint density at radius 3 is 2.31 bits per heavy atom. The van der Waals surface area contributed by atoms with Crippen LogP contribution >= 0.6 is 23.2 Å². The van der Waals surface area contributed by atoms with Crippen molar-refractivity contribution in [3.05, 3.63) is 147 Å². The Balaban J connectivity index is 0.975. The van der Waals surface area contributed by atoms with Gasteiger partial charge in [0.05, 0.1) is 47.1 Å². The molecular weight excluding hydrogens is 823 g/mol. The van der Waals surface area contributed by atoms with E-state index in [1.807, 2.05) is 30.3 Å². The van der Waals surface area contributed by atoms with Gasteiger partial charge < -0.3 is 34.7 Å². The first-order chi connectivity index (χ1) is 29.5. The second kappa shape index (κ2) is 17.9. The number of carbonyl (C=O) groups excluding carboxylic acids is 3. The summed E-state index contributed by atoms with van der Waals surface area (Å²) in [4.78, 5) is 55.1. The van der Waals surface area contributed by atoms with Crippen LogP contribution in [-0.2, 0) is 49.9 Å². The Hall–Kier alpha value is -6.59. The fourth-order valence-electron chi connectivity index (χ4n) is 7.46. The summed E-state index contributed by atoms with van der Waals surface area (Å²) in [5, 5.41) is 25.8. The topological polar surface area (TPSA) is 177 Å². The first-order valence-electron chi connectivity index (χ1n) is 19.5. The van der Waals surface area contributed by atoms with Gasteiger partial charge in [-0.25, -0.2) is 9.59 Å². The van der Waals surface area contributed by atoms with Crippen molar-refractivity contribution in [2.24, 2.45) is 0 Å². The number of fused-ring (bicyclic) bond motifs is 2. The van der Waals surface area contributed by atoms with Crippen molar-refractivity contribution in [1.82, 2.24) is 10.2 Å². The molecule has 8 rings (SSSR count). The molecule has 5 aromatic carbocycles. The lowest BCUT2D eigenvalue weighted by Gasteiger charge is -2.37. The lowest BCUT2D eigenvalue weighted by atomic mass is 9.92. The van der Waals surface area contributed by atoms with Gasteiger partial charge in [0.25, 0.3) is 5.91 Å². The fraction of sp³-hybridized carbons (Fsp3) is 0.239. The van der Waals surface area contributed by atoms with E-state index in [9.17, 15) is 24.3 Å². The third-order valence-corrected chi connectivity index (χ3v) is 11.5. The van der Waals surface area contributed by atoms with E-state index >= 15 is 0 Å². The number of nitrogens with zero attached hydrogens (tertiary/aromatic N) is 2. The van der Waals surface area contributed by atoms with Gasteiger partial charge in [0.15, 0.2) is 0 Å². The van der Waals surface area contributed by atoms with Crippen molar-refractivity contribution in [3.8, 4) is 28.7 Å². The molecule has 1 fully saturated rings. The highest BCUT2D eigenvalue weighted by Gasteiger charge is 2.40. The van der Waals surface area contributed by atoms with Crippen LogP contribution < -0.4 is 20.1 Å². The first kappa shape index (κ1) is 41.2. The van der Waals surface area contributed by atoms with E-state index in [-0.39, 0.29) is 32.6 Å². The zero-order valence-corrected chi connectivity index (χ0v) is 33.9. The number of rotatable bonds is 11. The molecule has 0 radical (unpaired) electrons. The molecule has 0 saturated carbocycles. The minimum Gasteiger partial charge on any atom is -0.489 e. The number of carboxylic acids is 1. The molecule has 15 heteroatoms. The van der Waals surface area contributed by atoms with E-state index in [1.165, 1.54) is 4.90 Å². The maximum atomic E-state index is 14.1. The van der Waals surface area contributed by atoms with Crippen LogP contribution in [0.2, 0.25) is 10.0 Å². The molecule has 3 amide bonds. The van der Waals surface area contributed by atoms with Crippen LogP contribution in [0.1, 0.15) is 45.9 Å². The Morgan fingerprint density at radius 2 is 1.64 bits per heavy atom. The number of hydrogen-bond acceptors (Lipinski definition) is 9. The van der Waals surface area contributed by atoms with Gasteiger partial charge in [-0.3, -0.25) is 14.5 Å². The second-order valence-electron chi connectivity index (χ2n) is 14.9. The Kier molecular flexibility index (Phi) is 12.1. The SMILES string of the molecule is N#Cc1ccc(-c2ccc(C[C@H](NC(=O)[C@@H]3Cc4cc5c(cc4CN3C(=O)O[C@@H]3CCOC3)OC(c3ccc(OCc4ccc(Cl)c(Cl)c4)cc3)C(=O)N5)C(=O)O)cc2)cc1. The Morgan fingerprint density at radius 1 is 0.918 bits per heavy atom. The molecule has 3 aliphatic rings. The van der Waals surface area contributed by atoms with E-state index < -0.39 is 48.2 Å². The number of nitriles is 1. The number of halogens is 2. The molecule has 0 aliphatic carbocycles. The van der Waals surface area contributed by atoms with E-state index in [2.05, 4.69) is 16.7 Å². The summed E-state index contributed by atoms with van der Waals surface area (Å²) in [6, 6.07) is 29.7. The monoisotopic (exact) mass is 860 g/mol. The van der Waals surface area contributed by atoms with Gasteiger partial charge >= 0.3 is 12.1 Å². The molecule has 3 N–H and O–H groups in total. The predicted molar refractivity (Wildman–Crippen MR) is 224 cm³/mol. The van der Waals surface area contributed by atoms with Crippen molar-refractivity contribution in [3.63, 3.8) is 0 Å². The van der Waals surface area contributed by atoms with Crippen LogP contribution in [-0.4, -0.2) is 65.3 Å². The lowest BCUT2D eigenvalue weighted by molar-refractivity contribution is -0.142. The lowest BCUT2D eigenvalue weighted by Crippen LogP contribution is -2.56. The number of aliphatic carboxylic acids is 1. The van der Waals surface area contributed by atoms with Gasteiger partial charge in [0, 0.05) is 24.8 Å². The van der Waals surface area contributed by atoms with Crippen molar-refractivity contribution in [2.45, 2.75) is 56.7 Å². The van der Waals surface area contributed by atoms with Crippen LogP contribution in [0.5, 0.6) is 11.5 Å². The van der Waals surface area contributed by atoms with E-state index in [0.717, 1.165) is 16.7 Å². The third-order valence-electron chi connectivity index (χ3n) is 10.8. The Labute approximate surface area is 360 Å². The van der Waals surface area contributed by atoms with Gasteiger partial charge in [-0.05, 0) is 81.9 Å². The summed E-state index contributed by atoms with van der Waals surface area (Å²) in [5.74, 6) is -1.37. The zero-order valence-electron chi connectivity index (χ0n) is 32.4. The normalized spacial score (nSPS) is 18.3. The third kappa shape index (κ3) is 9.42. The van der Waals surface area contributed by atoms with Crippen molar-refractivity contribution in [1.29, 1.82) is 5.26 Å². The van der Waals surface area contributed by atoms with Crippen LogP contribution in [0.25, 0.3) is 11.1 Å². The molecule has 1 unspecified atom stereocenters.